The fourth-order valence-electron chi connectivity index (χ4n) is 2.39. The first-order chi connectivity index (χ1) is 11.6. The van der Waals surface area contributed by atoms with Crippen LogP contribution in [0.1, 0.15) is 26.3 Å². The molecule has 0 aliphatic heterocycles. The fourth-order valence-corrected chi connectivity index (χ4v) is 2.54. The standard InChI is InChI=1S/C19H13ClN2O2/c20-16-11-10-15(19(21)24)17(22-16)12-6-8-14(9-7-12)18(23)13-4-2-1-3-5-13/h1-11H,(H2,21,24). The van der Waals surface area contributed by atoms with Gasteiger partial charge in [-0.25, -0.2) is 4.98 Å². The van der Waals surface area contributed by atoms with Crippen molar-refractivity contribution in [1.29, 1.82) is 0 Å². The van der Waals surface area contributed by atoms with Crippen molar-refractivity contribution in [3.8, 4) is 11.3 Å². The summed E-state index contributed by atoms with van der Waals surface area (Å²) in [7, 11) is 0. The molecule has 3 aromatic rings. The summed E-state index contributed by atoms with van der Waals surface area (Å²) in [4.78, 5) is 28.1. The third-order valence-corrected chi connectivity index (χ3v) is 3.79. The van der Waals surface area contributed by atoms with Crippen molar-refractivity contribution < 1.29 is 9.59 Å². The molecule has 2 N–H and O–H groups in total. The van der Waals surface area contributed by atoms with E-state index >= 15 is 0 Å². The zero-order chi connectivity index (χ0) is 17.1. The summed E-state index contributed by atoms with van der Waals surface area (Å²) in [6, 6.07) is 18.9. The van der Waals surface area contributed by atoms with Crippen molar-refractivity contribution in [2.24, 2.45) is 5.73 Å². The summed E-state index contributed by atoms with van der Waals surface area (Å²) in [6.45, 7) is 0. The second-order valence-corrected chi connectivity index (χ2v) is 5.55. The predicted octanol–water partition coefficient (Wildman–Crippen LogP) is 3.73. The molecule has 0 fully saturated rings. The van der Waals surface area contributed by atoms with Crippen LogP contribution in [0.3, 0.4) is 0 Å². The lowest BCUT2D eigenvalue weighted by Crippen LogP contribution is -2.13. The Labute approximate surface area is 143 Å². The minimum absolute atomic E-state index is 0.0728. The van der Waals surface area contributed by atoms with Crippen molar-refractivity contribution in [3.63, 3.8) is 0 Å². The number of rotatable bonds is 4. The average molecular weight is 337 g/mol. The number of benzene rings is 2. The number of hydrogen-bond donors (Lipinski definition) is 1. The van der Waals surface area contributed by atoms with Gasteiger partial charge >= 0.3 is 0 Å². The van der Waals surface area contributed by atoms with Gasteiger partial charge in [0.05, 0.1) is 11.3 Å². The molecule has 3 rings (SSSR count). The molecular formula is C19H13ClN2O2. The number of aromatic nitrogens is 1. The number of halogens is 1. The summed E-state index contributed by atoms with van der Waals surface area (Å²) in [5, 5.41) is 0.263. The first-order valence-corrected chi connectivity index (χ1v) is 7.60. The van der Waals surface area contributed by atoms with Crippen molar-refractivity contribution in [3.05, 3.63) is 88.6 Å². The van der Waals surface area contributed by atoms with Gasteiger partial charge in [0.2, 0.25) is 0 Å². The quantitative estimate of drug-likeness (QED) is 0.582. The molecule has 0 atom stereocenters. The number of pyridine rings is 1. The predicted molar refractivity (Wildman–Crippen MR) is 93.1 cm³/mol. The van der Waals surface area contributed by atoms with E-state index in [-0.39, 0.29) is 16.5 Å². The molecule has 0 saturated heterocycles. The van der Waals surface area contributed by atoms with E-state index in [0.29, 0.717) is 22.4 Å². The number of amides is 1. The van der Waals surface area contributed by atoms with Crippen LogP contribution in [0.15, 0.2) is 66.7 Å². The van der Waals surface area contributed by atoms with Gasteiger partial charge in [-0.1, -0.05) is 66.2 Å². The highest BCUT2D eigenvalue weighted by Crippen LogP contribution is 2.24. The van der Waals surface area contributed by atoms with Crippen LogP contribution < -0.4 is 5.73 Å². The number of nitrogens with zero attached hydrogens (tertiary/aromatic N) is 1. The van der Waals surface area contributed by atoms with Crippen molar-refractivity contribution in [2.75, 3.05) is 0 Å². The molecule has 0 aliphatic carbocycles. The molecule has 2 aromatic carbocycles. The maximum atomic E-state index is 12.4. The van der Waals surface area contributed by atoms with Crippen molar-refractivity contribution in [1.82, 2.24) is 4.98 Å². The van der Waals surface area contributed by atoms with Gasteiger partial charge in [0, 0.05) is 16.7 Å². The second kappa shape index (κ2) is 6.64. The first kappa shape index (κ1) is 15.9. The molecule has 0 aliphatic rings. The Balaban J connectivity index is 1.98. The first-order valence-electron chi connectivity index (χ1n) is 7.23. The van der Waals surface area contributed by atoms with E-state index in [4.69, 9.17) is 17.3 Å². The third-order valence-electron chi connectivity index (χ3n) is 3.58. The summed E-state index contributed by atoms with van der Waals surface area (Å²) in [5.74, 6) is -0.657. The number of hydrogen-bond acceptors (Lipinski definition) is 3. The van der Waals surface area contributed by atoms with E-state index < -0.39 is 5.91 Å². The highest BCUT2D eigenvalue weighted by molar-refractivity contribution is 6.29. The molecule has 5 heteroatoms. The smallest absolute Gasteiger partial charge is 0.250 e. The highest BCUT2D eigenvalue weighted by Gasteiger charge is 2.14. The zero-order valence-electron chi connectivity index (χ0n) is 12.6. The Hall–Kier alpha value is -2.98. The molecule has 1 heterocycles. The van der Waals surface area contributed by atoms with Gasteiger partial charge in [-0.2, -0.15) is 0 Å². The van der Waals surface area contributed by atoms with Crippen LogP contribution in [-0.2, 0) is 0 Å². The largest absolute Gasteiger partial charge is 0.366 e. The molecule has 24 heavy (non-hydrogen) atoms. The Morgan fingerprint density at radius 2 is 1.46 bits per heavy atom. The van der Waals surface area contributed by atoms with Crippen LogP contribution in [0, 0.1) is 0 Å². The zero-order valence-corrected chi connectivity index (χ0v) is 13.3. The number of carbonyl (C=O) groups is 2. The molecule has 0 unspecified atom stereocenters. The molecule has 0 spiro atoms. The van der Waals surface area contributed by atoms with E-state index in [1.54, 1.807) is 36.4 Å². The lowest BCUT2D eigenvalue weighted by atomic mass is 9.99. The van der Waals surface area contributed by atoms with Crippen LogP contribution in [0.4, 0.5) is 0 Å². The number of nitrogens with two attached hydrogens (primary N) is 1. The SMILES string of the molecule is NC(=O)c1ccc(Cl)nc1-c1ccc(C(=O)c2ccccc2)cc1. The fraction of sp³-hybridized carbons (Fsp3) is 0. The summed E-state index contributed by atoms with van der Waals surface area (Å²) >= 11 is 5.92. The Morgan fingerprint density at radius 1 is 0.833 bits per heavy atom. The monoisotopic (exact) mass is 336 g/mol. The summed E-state index contributed by atoms with van der Waals surface area (Å²) in [6.07, 6.45) is 0. The summed E-state index contributed by atoms with van der Waals surface area (Å²) < 4.78 is 0. The minimum Gasteiger partial charge on any atom is -0.366 e. The van der Waals surface area contributed by atoms with Crippen molar-refractivity contribution >= 4 is 23.3 Å². The Kier molecular flexibility index (Phi) is 4.40. The van der Waals surface area contributed by atoms with Crippen LogP contribution >= 0.6 is 11.6 Å². The molecular weight excluding hydrogens is 324 g/mol. The lowest BCUT2D eigenvalue weighted by Gasteiger charge is -2.08. The van der Waals surface area contributed by atoms with Gasteiger partial charge in [0.15, 0.2) is 5.78 Å². The highest BCUT2D eigenvalue weighted by atomic mass is 35.5. The van der Waals surface area contributed by atoms with Crippen LogP contribution in [0.5, 0.6) is 0 Å². The Morgan fingerprint density at radius 3 is 2.08 bits per heavy atom. The van der Waals surface area contributed by atoms with Gasteiger partial charge in [0.25, 0.3) is 5.91 Å². The molecule has 0 radical (unpaired) electrons. The molecule has 1 amide bonds. The molecule has 1 aromatic heterocycles. The van der Waals surface area contributed by atoms with Gasteiger partial charge in [-0.05, 0) is 12.1 Å². The topological polar surface area (TPSA) is 73.1 Å². The van der Waals surface area contributed by atoms with E-state index in [0.717, 1.165) is 0 Å². The van der Waals surface area contributed by atoms with E-state index in [1.165, 1.54) is 12.1 Å². The van der Waals surface area contributed by atoms with E-state index in [9.17, 15) is 9.59 Å². The van der Waals surface area contributed by atoms with Crippen LogP contribution in [-0.4, -0.2) is 16.7 Å². The van der Waals surface area contributed by atoms with E-state index in [1.807, 2.05) is 18.2 Å². The number of ketones is 1. The molecule has 0 bridgehead atoms. The molecule has 0 saturated carbocycles. The average Bonchev–Trinajstić information content (AvgIpc) is 2.61. The molecule has 4 nitrogen and oxygen atoms in total. The maximum absolute atomic E-state index is 12.4. The van der Waals surface area contributed by atoms with Crippen molar-refractivity contribution in [2.45, 2.75) is 0 Å². The van der Waals surface area contributed by atoms with Gasteiger partial charge in [-0.3, -0.25) is 9.59 Å². The minimum atomic E-state index is -0.585. The van der Waals surface area contributed by atoms with Gasteiger partial charge in [-0.15, -0.1) is 0 Å². The van der Waals surface area contributed by atoms with Crippen LogP contribution in [0.25, 0.3) is 11.3 Å². The second-order valence-electron chi connectivity index (χ2n) is 5.17. The van der Waals surface area contributed by atoms with Gasteiger partial charge in [0.1, 0.15) is 5.15 Å². The van der Waals surface area contributed by atoms with Gasteiger partial charge < -0.3 is 5.73 Å². The van der Waals surface area contributed by atoms with E-state index in [2.05, 4.69) is 4.98 Å². The summed E-state index contributed by atoms with van der Waals surface area (Å²) in [5.41, 5.74) is 7.88. The number of carbonyl (C=O) groups excluding carboxylic acids is 2. The number of primary amides is 1. The normalized spacial score (nSPS) is 10.4. The lowest BCUT2D eigenvalue weighted by molar-refractivity contribution is 0.0998. The Bertz CT molecular complexity index is 906. The van der Waals surface area contributed by atoms with Crippen LogP contribution in [0.2, 0.25) is 5.15 Å². The maximum Gasteiger partial charge on any atom is 0.250 e. The molecule has 118 valence electrons. The third kappa shape index (κ3) is 3.19.